The number of hydrogen-bond donors (Lipinski definition) is 1. The Hall–Kier alpha value is -0.830. The largest absolute Gasteiger partial charge is 0.342 e. The number of aromatic nitrogens is 2. The van der Waals surface area contributed by atoms with Gasteiger partial charge in [-0.25, -0.2) is 4.98 Å². The highest BCUT2D eigenvalue weighted by Gasteiger charge is 2.36. The number of benzene rings is 1. The van der Waals surface area contributed by atoms with Crippen LogP contribution in [-0.2, 0) is 0 Å². The zero-order chi connectivity index (χ0) is 9.71. The number of imidazole rings is 1. The van der Waals surface area contributed by atoms with Crippen molar-refractivity contribution in [3.63, 3.8) is 0 Å². The molecule has 14 heavy (non-hydrogen) atoms. The third-order valence-electron chi connectivity index (χ3n) is 2.92. The van der Waals surface area contributed by atoms with Gasteiger partial charge < -0.3 is 4.98 Å². The smallest absolute Gasteiger partial charge is 0.110 e. The van der Waals surface area contributed by atoms with Crippen LogP contribution < -0.4 is 0 Å². The van der Waals surface area contributed by atoms with Crippen LogP contribution in [0.2, 0.25) is 0 Å². The zero-order valence-corrected chi connectivity index (χ0v) is 9.51. The van der Waals surface area contributed by atoms with Crippen molar-refractivity contribution >= 4 is 27.0 Å². The second-order valence-electron chi connectivity index (χ2n) is 4.10. The number of hydrogen-bond acceptors (Lipinski definition) is 1. The van der Waals surface area contributed by atoms with Gasteiger partial charge in [0.2, 0.25) is 0 Å². The van der Waals surface area contributed by atoms with E-state index < -0.39 is 0 Å². The van der Waals surface area contributed by atoms with Gasteiger partial charge in [-0.1, -0.05) is 22.9 Å². The molecule has 0 spiro atoms. The predicted octanol–water partition coefficient (Wildman–Crippen LogP) is 3.45. The Balaban J connectivity index is 2.11. The molecule has 0 saturated heterocycles. The molecule has 3 heteroatoms. The highest BCUT2D eigenvalue weighted by Crippen LogP contribution is 2.45. The van der Waals surface area contributed by atoms with E-state index in [4.69, 9.17) is 0 Å². The van der Waals surface area contributed by atoms with Crippen LogP contribution in [0, 0.1) is 5.92 Å². The summed E-state index contributed by atoms with van der Waals surface area (Å²) in [4.78, 5) is 7.98. The normalized spacial score (nSPS) is 25.6. The first-order valence-corrected chi connectivity index (χ1v) is 5.68. The van der Waals surface area contributed by atoms with Gasteiger partial charge in [-0.2, -0.15) is 0 Å². The van der Waals surface area contributed by atoms with E-state index in [0.29, 0.717) is 5.92 Å². The Kier molecular flexibility index (Phi) is 1.71. The van der Waals surface area contributed by atoms with Gasteiger partial charge >= 0.3 is 0 Å². The Morgan fingerprint density at radius 2 is 2.29 bits per heavy atom. The van der Waals surface area contributed by atoms with Crippen molar-refractivity contribution < 1.29 is 0 Å². The summed E-state index contributed by atoms with van der Waals surface area (Å²) in [6.07, 6.45) is 1.28. The average molecular weight is 251 g/mol. The van der Waals surface area contributed by atoms with E-state index in [1.165, 1.54) is 6.42 Å². The summed E-state index contributed by atoms with van der Waals surface area (Å²) >= 11 is 3.46. The number of halogens is 1. The second-order valence-corrected chi connectivity index (χ2v) is 5.02. The van der Waals surface area contributed by atoms with Gasteiger partial charge in [-0.3, -0.25) is 0 Å². The monoisotopic (exact) mass is 250 g/mol. The molecule has 2 unspecified atom stereocenters. The number of rotatable bonds is 1. The van der Waals surface area contributed by atoms with E-state index in [1.54, 1.807) is 0 Å². The first-order chi connectivity index (χ1) is 6.74. The first-order valence-electron chi connectivity index (χ1n) is 4.89. The van der Waals surface area contributed by atoms with Gasteiger partial charge in [-0.05, 0) is 30.5 Å². The molecule has 1 N–H and O–H groups in total. The summed E-state index contributed by atoms with van der Waals surface area (Å²) in [5, 5.41) is 0. The van der Waals surface area contributed by atoms with E-state index in [9.17, 15) is 0 Å². The summed E-state index contributed by atoms with van der Waals surface area (Å²) in [5.41, 5.74) is 2.20. The van der Waals surface area contributed by atoms with Crippen molar-refractivity contribution in [3.8, 4) is 0 Å². The van der Waals surface area contributed by atoms with E-state index in [1.807, 2.05) is 12.1 Å². The van der Waals surface area contributed by atoms with Gasteiger partial charge in [0.1, 0.15) is 5.82 Å². The quantitative estimate of drug-likeness (QED) is 0.826. The molecule has 2 nitrogen and oxygen atoms in total. The zero-order valence-electron chi connectivity index (χ0n) is 7.92. The molecule has 0 amide bonds. The standard InChI is InChI=1S/C11H11BrN2/c1-6-4-8(6)11-13-9-3-2-7(12)5-10(9)14-11/h2-3,5-6,8H,4H2,1H3,(H,13,14). The molecule has 2 atom stereocenters. The summed E-state index contributed by atoms with van der Waals surface area (Å²) in [7, 11) is 0. The number of nitrogens with one attached hydrogen (secondary N) is 1. The van der Waals surface area contributed by atoms with Crippen LogP contribution in [0.15, 0.2) is 22.7 Å². The molecule has 1 aromatic heterocycles. The van der Waals surface area contributed by atoms with Crippen molar-refractivity contribution in [1.29, 1.82) is 0 Å². The minimum Gasteiger partial charge on any atom is -0.342 e. The van der Waals surface area contributed by atoms with Crippen molar-refractivity contribution in [2.75, 3.05) is 0 Å². The molecular weight excluding hydrogens is 240 g/mol. The maximum atomic E-state index is 4.59. The van der Waals surface area contributed by atoms with E-state index >= 15 is 0 Å². The van der Waals surface area contributed by atoms with Crippen LogP contribution in [-0.4, -0.2) is 9.97 Å². The Labute approximate surface area is 90.9 Å². The lowest BCUT2D eigenvalue weighted by Crippen LogP contribution is -1.82. The molecule has 1 aliphatic rings. The highest BCUT2D eigenvalue weighted by molar-refractivity contribution is 9.10. The molecule has 1 saturated carbocycles. The summed E-state index contributed by atoms with van der Waals surface area (Å²) < 4.78 is 1.10. The van der Waals surface area contributed by atoms with Crippen LogP contribution in [0.25, 0.3) is 11.0 Å². The topological polar surface area (TPSA) is 28.7 Å². The second kappa shape index (κ2) is 2.83. The molecule has 0 radical (unpaired) electrons. The third kappa shape index (κ3) is 1.27. The fraction of sp³-hybridized carbons (Fsp3) is 0.364. The van der Waals surface area contributed by atoms with E-state index in [0.717, 1.165) is 27.2 Å². The maximum absolute atomic E-state index is 4.59. The summed E-state index contributed by atoms with van der Waals surface area (Å²) in [6, 6.07) is 6.16. The minimum atomic E-state index is 0.668. The van der Waals surface area contributed by atoms with Crippen molar-refractivity contribution in [2.45, 2.75) is 19.3 Å². The van der Waals surface area contributed by atoms with Gasteiger partial charge in [0, 0.05) is 10.4 Å². The number of aromatic amines is 1. The lowest BCUT2D eigenvalue weighted by atomic mass is 10.3. The van der Waals surface area contributed by atoms with Gasteiger partial charge in [0.05, 0.1) is 11.0 Å². The van der Waals surface area contributed by atoms with Gasteiger partial charge in [0.25, 0.3) is 0 Å². The summed E-state index contributed by atoms with van der Waals surface area (Å²) in [5.74, 6) is 2.63. The molecular formula is C11H11BrN2. The fourth-order valence-electron chi connectivity index (χ4n) is 1.88. The molecule has 0 aliphatic heterocycles. The predicted molar refractivity (Wildman–Crippen MR) is 60.3 cm³/mol. The highest BCUT2D eigenvalue weighted by atomic mass is 79.9. The lowest BCUT2D eigenvalue weighted by molar-refractivity contribution is 0.867. The van der Waals surface area contributed by atoms with Crippen LogP contribution in [0.3, 0.4) is 0 Å². The van der Waals surface area contributed by atoms with E-state index in [2.05, 4.69) is 38.9 Å². The molecule has 1 aromatic carbocycles. The summed E-state index contributed by atoms with van der Waals surface area (Å²) in [6.45, 7) is 2.27. The first kappa shape index (κ1) is 8.48. The SMILES string of the molecule is CC1CC1c1nc2ccc(Br)cc2[nH]1. The molecule has 72 valence electrons. The molecule has 0 bridgehead atoms. The number of H-pyrrole nitrogens is 1. The van der Waals surface area contributed by atoms with Crippen molar-refractivity contribution in [3.05, 3.63) is 28.5 Å². The van der Waals surface area contributed by atoms with Gasteiger partial charge in [0.15, 0.2) is 0 Å². The fourth-order valence-corrected chi connectivity index (χ4v) is 2.24. The molecule has 1 aliphatic carbocycles. The Morgan fingerprint density at radius 3 is 3.00 bits per heavy atom. The molecule has 3 rings (SSSR count). The maximum Gasteiger partial charge on any atom is 0.110 e. The Morgan fingerprint density at radius 1 is 1.50 bits per heavy atom. The van der Waals surface area contributed by atoms with Gasteiger partial charge in [-0.15, -0.1) is 0 Å². The van der Waals surface area contributed by atoms with Crippen LogP contribution in [0.1, 0.15) is 25.1 Å². The molecule has 1 fully saturated rings. The number of nitrogens with zero attached hydrogens (tertiary/aromatic N) is 1. The van der Waals surface area contributed by atoms with Crippen molar-refractivity contribution in [1.82, 2.24) is 9.97 Å². The van der Waals surface area contributed by atoms with Crippen molar-refractivity contribution in [2.24, 2.45) is 5.92 Å². The number of fused-ring (bicyclic) bond motifs is 1. The average Bonchev–Trinajstić information content (AvgIpc) is 2.75. The third-order valence-corrected chi connectivity index (χ3v) is 3.42. The molecule has 2 aromatic rings. The minimum absolute atomic E-state index is 0.668. The van der Waals surface area contributed by atoms with Crippen LogP contribution in [0.4, 0.5) is 0 Å². The lowest BCUT2D eigenvalue weighted by Gasteiger charge is -1.88. The molecule has 1 heterocycles. The Bertz CT molecular complexity index is 489. The van der Waals surface area contributed by atoms with E-state index in [-0.39, 0.29) is 0 Å². The van der Waals surface area contributed by atoms with Crippen LogP contribution in [0.5, 0.6) is 0 Å². The van der Waals surface area contributed by atoms with Crippen LogP contribution >= 0.6 is 15.9 Å².